The van der Waals surface area contributed by atoms with Crippen LogP contribution in [0.4, 0.5) is 10.1 Å². The number of fused-ring (bicyclic) bond motifs is 1. The smallest absolute Gasteiger partial charge is 0.263 e. The van der Waals surface area contributed by atoms with Crippen LogP contribution < -0.4 is 11.1 Å². The van der Waals surface area contributed by atoms with Gasteiger partial charge in [-0.05, 0) is 18.2 Å². The van der Waals surface area contributed by atoms with Crippen LogP contribution in [-0.4, -0.2) is 15.7 Å². The van der Waals surface area contributed by atoms with Crippen LogP contribution in [0.5, 0.6) is 0 Å². The largest absolute Gasteiger partial charge is 0.397 e. The number of nitrogen functional groups attached to an aromatic ring is 1. The Hall–Kier alpha value is -2.41. The number of nitrogens with zero attached hydrogens (tertiary/aromatic N) is 2. The normalized spacial score (nSPS) is 11.0. The summed E-state index contributed by atoms with van der Waals surface area (Å²) < 4.78 is 16.1. The lowest BCUT2D eigenvalue weighted by atomic mass is 10.2. The van der Waals surface area contributed by atoms with Crippen molar-refractivity contribution in [2.75, 3.05) is 5.73 Å². The highest BCUT2D eigenvalue weighted by Gasteiger charge is 2.18. The lowest BCUT2D eigenvalue weighted by Gasteiger charge is -2.04. The van der Waals surface area contributed by atoms with Crippen molar-refractivity contribution in [3.05, 3.63) is 46.9 Å². The van der Waals surface area contributed by atoms with Gasteiger partial charge < -0.3 is 11.1 Å². The fraction of sp³-hybridized carbons (Fsp3) is 0.143. The van der Waals surface area contributed by atoms with E-state index in [9.17, 15) is 9.18 Å². The molecule has 1 amide bonds. The van der Waals surface area contributed by atoms with Crippen LogP contribution in [0.1, 0.15) is 15.4 Å². The van der Waals surface area contributed by atoms with Gasteiger partial charge in [0, 0.05) is 17.9 Å². The number of amides is 1. The van der Waals surface area contributed by atoms with Crippen molar-refractivity contribution in [1.82, 2.24) is 15.1 Å². The first-order valence-electron chi connectivity index (χ1n) is 6.29. The highest BCUT2D eigenvalue weighted by Crippen LogP contribution is 2.35. The zero-order valence-corrected chi connectivity index (χ0v) is 12.1. The third-order valence-electron chi connectivity index (χ3n) is 3.26. The monoisotopic (exact) mass is 304 g/mol. The lowest BCUT2D eigenvalue weighted by molar-refractivity contribution is 0.0955. The van der Waals surface area contributed by atoms with Crippen molar-refractivity contribution in [1.29, 1.82) is 0 Å². The van der Waals surface area contributed by atoms with E-state index in [0.717, 1.165) is 5.69 Å². The topological polar surface area (TPSA) is 72.9 Å². The number of benzene rings is 1. The SMILES string of the molecule is Cn1nccc1CNC(=O)c1sc2cccc(F)c2c1N. The number of hydrogen-bond acceptors (Lipinski definition) is 4. The van der Waals surface area contributed by atoms with E-state index in [1.54, 1.807) is 30.1 Å². The summed E-state index contributed by atoms with van der Waals surface area (Å²) in [5.74, 6) is -0.721. The molecule has 5 nitrogen and oxygen atoms in total. The lowest BCUT2D eigenvalue weighted by Crippen LogP contribution is -2.23. The Morgan fingerprint density at radius 1 is 1.48 bits per heavy atom. The van der Waals surface area contributed by atoms with Crippen molar-refractivity contribution in [2.24, 2.45) is 7.05 Å². The standard InChI is InChI=1S/C14H13FN4OS/c1-19-8(5-6-18-19)7-17-14(20)13-12(16)11-9(15)3-2-4-10(11)21-13/h2-6H,7,16H2,1H3,(H,17,20). The van der Waals surface area contributed by atoms with Crippen LogP contribution in [0.15, 0.2) is 30.5 Å². The van der Waals surface area contributed by atoms with Gasteiger partial charge in [-0.15, -0.1) is 11.3 Å². The van der Waals surface area contributed by atoms with Gasteiger partial charge in [-0.1, -0.05) is 6.07 Å². The molecule has 0 fully saturated rings. The summed E-state index contributed by atoms with van der Waals surface area (Å²) in [6.07, 6.45) is 1.66. The van der Waals surface area contributed by atoms with E-state index in [2.05, 4.69) is 10.4 Å². The summed E-state index contributed by atoms with van der Waals surface area (Å²) in [5, 5.41) is 7.11. The number of thiophene rings is 1. The van der Waals surface area contributed by atoms with Gasteiger partial charge in [0.2, 0.25) is 0 Å². The predicted molar refractivity (Wildman–Crippen MR) is 80.6 cm³/mol. The minimum Gasteiger partial charge on any atom is -0.397 e. The van der Waals surface area contributed by atoms with Crippen LogP contribution in [0.25, 0.3) is 10.1 Å². The summed E-state index contributed by atoms with van der Waals surface area (Å²) in [5.41, 5.74) is 6.97. The van der Waals surface area contributed by atoms with Crippen LogP contribution >= 0.6 is 11.3 Å². The summed E-state index contributed by atoms with van der Waals surface area (Å²) in [6.45, 7) is 0.339. The van der Waals surface area contributed by atoms with Gasteiger partial charge in [-0.25, -0.2) is 4.39 Å². The van der Waals surface area contributed by atoms with Gasteiger partial charge >= 0.3 is 0 Å². The summed E-state index contributed by atoms with van der Waals surface area (Å²) in [6, 6.07) is 6.50. The van der Waals surface area contributed by atoms with Gasteiger partial charge in [0.25, 0.3) is 5.91 Å². The molecule has 0 unspecified atom stereocenters. The Balaban J connectivity index is 1.87. The van der Waals surface area contributed by atoms with Gasteiger partial charge in [-0.2, -0.15) is 5.10 Å². The Bertz CT molecular complexity index is 824. The van der Waals surface area contributed by atoms with Gasteiger partial charge in [0.15, 0.2) is 0 Å². The van der Waals surface area contributed by atoms with E-state index >= 15 is 0 Å². The van der Waals surface area contributed by atoms with E-state index in [-0.39, 0.29) is 11.6 Å². The zero-order chi connectivity index (χ0) is 15.0. The quantitative estimate of drug-likeness (QED) is 0.779. The van der Waals surface area contributed by atoms with Crippen LogP contribution in [0.2, 0.25) is 0 Å². The average molecular weight is 304 g/mol. The fourth-order valence-corrected chi connectivity index (χ4v) is 3.18. The van der Waals surface area contributed by atoms with Crippen molar-refractivity contribution < 1.29 is 9.18 Å². The summed E-state index contributed by atoms with van der Waals surface area (Å²) in [7, 11) is 1.80. The van der Waals surface area contributed by atoms with E-state index < -0.39 is 5.82 Å². The molecule has 0 aliphatic carbocycles. The molecule has 0 bridgehead atoms. The Labute approximate surface area is 124 Å². The second kappa shape index (κ2) is 5.17. The Morgan fingerprint density at radius 3 is 2.95 bits per heavy atom. The van der Waals surface area contributed by atoms with Crippen LogP contribution in [0.3, 0.4) is 0 Å². The number of hydrogen-bond donors (Lipinski definition) is 2. The number of nitrogens with two attached hydrogens (primary N) is 1. The zero-order valence-electron chi connectivity index (χ0n) is 11.3. The highest BCUT2D eigenvalue weighted by atomic mass is 32.1. The maximum atomic E-state index is 13.8. The minimum absolute atomic E-state index is 0.190. The van der Waals surface area contributed by atoms with Crippen molar-refractivity contribution in [3.8, 4) is 0 Å². The second-order valence-electron chi connectivity index (χ2n) is 4.59. The van der Waals surface area contributed by atoms with E-state index in [0.29, 0.717) is 21.5 Å². The van der Waals surface area contributed by atoms with E-state index in [1.807, 2.05) is 6.07 Å². The summed E-state index contributed by atoms with van der Waals surface area (Å²) >= 11 is 1.19. The number of carbonyl (C=O) groups is 1. The third-order valence-corrected chi connectivity index (χ3v) is 4.43. The Morgan fingerprint density at radius 2 is 2.29 bits per heavy atom. The number of anilines is 1. The minimum atomic E-state index is -0.410. The van der Waals surface area contributed by atoms with E-state index in [4.69, 9.17) is 5.73 Å². The molecular weight excluding hydrogens is 291 g/mol. The molecule has 3 rings (SSSR count). The molecule has 0 aliphatic heterocycles. The first-order chi connectivity index (χ1) is 10.1. The molecule has 0 aliphatic rings. The molecule has 3 aromatic rings. The number of carbonyl (C=O) groups excluding carboxylic acids is 1. The number of nitrogens with one attached hydrogen (secondary N) is 1. The Kier molecular flexibility index (Phi) is 3.34. The molecule has 1 aromatic carbocycles. The maximum Gasteiger partial charge on any atom is 0.263 e. The number of aromatic nitrogens is 2. The fourth-order valence-electron chi connectivity index (χ4n) is 2.12. The number of aryl methyl sites for hydroxylation is 1. The predicted octanol–water partition coefficient (Wildman–Crippen LogP) is 2.29. The molecule has 7 heteroatoms. The molecule has 21 heavy (non-hydrogen) atoms. The van der Waals surface area contributed by atoms with Gasteiger partial charge in [0.1, 0.15) is 10.7 Å². The van der Waals surface area contributed by atoms with Crippen molar-refractivity contribution in [2.45, 2.75) is 6.54 Å². The molecule has 3 N–H and O–H groups in total. The van der Waals surface area contributed by atoms with Crippen LogP contribution in [0, 0.1) is 5.82 Å². The van der Waals surface area contributed by atoms with Gasteiger partial charge in [-0.3, -0.25) is 9.48 Å². The third kappa shape index (κ3) is 2.36. The highest BCUT2D eigenvalue weighted by molar-refractivity contribution is 7.21. The average Bonchev–Trinajstić information content (AvgIpc) is 3.01. The van der Waals surface area contributed by atoms with Crippen molar-refractivity contribution in [3.63, 3.8) is 0 Å². The molecule has 0 saturated heterocycles. The van der Waals surface area contributed by atoms with Crippen LogP contribution in [-0.2, 0) is 13.6 Å². The molecule has 108 valence electrons. The first-order valence-corrected chi connectivity index (χ1v) is 7.11. The first kappa shape index (κ1) is 13.6. The number of halogens is 1. The molecule has 0 radical (unpaired) electrons. The molecular formula is C14H13FN4OS. The number of rotatable bonds is 3. The molecule has 0 spiro atoms. The van der Waals surface area contributed by atoms with Crippen molar-refractivity contribution >= 4 is 33.0 Å². The molecule has 0 saturated carbocycles. The molecule has 2 aromatic heterocycles. The molecule has 2 heterocycles. The van der Waals surface area contributed by atoms with E-state index in [1.165, 1.54) is 17.4 Å². The molecule has 0 atom stereocenters. The van der Waals surface area contributed by atoms with Gasteiger partial charge in [0.05, 0.1) is 23.3 Å². The maximum absolute atomic E-state index is 13.8. The summed E-state index contributed by atoms with van der Waals surface area (Å²) in [4.78, 5) is 12.6. The second-order valence-corrected chi connectivity index (χ2v) is 5.64.